The van der Waals surface area contributed by atoms with Crippen LogP contribution in [0.4, 0.5) is 0 Å². The standard InChI is InChI=1S/C21H14Cl2O2S/c1-13-2-11-18(21(25)26-17-9-7-16(23)8-10-17)19(12-13)20(24)14-3-5-15(22)6-4-14/h2-12H,1H3. The van der Waals surface area contributed by atoms with Gasteiger partial charge >= 0.3 is 0 Å². The summed E-state index contributed by atoms with van der Waals surface area (Å²) >= 11 is 12.8. The van der Waals surface area contributed by atoms with Crippen LogP contribution in [0.1, 0.15) is 31.8 Å². The second kappa shape index (κ2) is 8.09. The van der Waals surface area contributed by atoms with Crippen molar-refractivity contribution in [2.45, 2.75) is 11.8 Å². The van der Waals surface area contributed by atoms with Crippen LogP contribution in [-0.2, 0) is 0 Å². The molecule has 0 atom stereocenters. The van der Waals surface area contributed by atoms with Crippen LogP contribution in [0.25, 0.3) is 0 Å². The molecule has 0 aliphatic heterocycles. The third-order valence-electron chi connectivity index (χ3n) is 3.77. The summed E-state index contributed by atoms with van der Waals surface area (Å²) in [5, 5.41) is 0.973. The topological polar surface area (TPSA) is 34.1 Å². The van der Waals surface area contributed by atoms with Crippen molar-refractivity contribution in [1.82, 2.24) is 0 Å². The third-order valence-corrected chi connectivity index (χ3v) is 5.19. The number of benzene rings is 3. The summed E-state index contributed by atoms with van der Waals surface area (Å²) in [5.41, 5.74) is 2.18. The maximum Gasteiger partial charge on any atom is 0.224 e. The van der Waals surface area contributed by atoms with Crippen molar-refractivity contribution in [1.29, 1.82) is 0 Å². The summed E-state index contributed by atoms with van der Waals surface area (Å²) in [6, 6.07) is 18.9. The van der Waals surface area contributed by atoms with Crippen molar-refractivity contribution < 1.29 is 9.59 Å². The first kappa shape index (κ1) is 18.7. The molecule has 0 unspecified atom stereocenters. The molecule has 0 spiro atoms. The number of thioether (sulfide) groups is 1. The molecule has 0 N–H and O–H groups in total. The Morgan fingerprint density at radius 2 is 1.35 bits per heavy atom. The van der Waals surface area contributed by atoms with E-state index in [1.54, 1.807) is 60.7 Å². The van der Waals surface area contributed by atoms with Crippen molar-refractivity contribution in [3.63, 3.8) is 0 Å². The van der Waals surface area contributed by atoms with Gasteiger partial charge in [0.1, 0.15) is 0 Å². The molecular weight excluding hydrogens is 387 g/mol. The summed E-state index contributed by atoms with van der Waals surface area (Å²) in [6.45, 7) is 1.89. The minimum Gasteiger partial charge on any atom is -0.289 e. The molecule has 0 radical (unpaired) electrons. The van der Waals surface area contributed by atoms with E-state index in [9.17, 15) is 9.59 Å². The van der Waals surface area contributed by atoms with E-state index in [1.165, 1.54) is 0 Å². The van der Waals surface area contributed by atoms with Gasteiger partial charge in [-0.3, -0.25) is 9.59 Å². The molecule has 3 aromatic rings. The van der Waals surface area contributed by atoms with E-state index in [-0.39, 0.29) is 10.9 Å². The molecule has 0 aliphatic carbocycles. The Balaban J connectivity index is 1.94. The maximum atomic E-state index is 12.9. The summed E-state index contributed by atoms with van der Waals surface area (Å²) in [7, 11) is 0. The predicted octanol–water partition coefficient (Wildman–Crippen LogP) is 6.47. The van der Waals surface area contributed by atoms with E-state index in [4.69, 9.17) is 23.2 Å². The normalized spacial score (nSPS) is 10.6. The molecule has 0 amide bonds. The van der Waals surface area contributed by atoms with Gasteiger partial charge in [-0.25, -0.2) is 0 Å². The highest BCUT2D eigenvalue weighted by Crippen LogP contribution is 2.27. The lowest BCUT2D eigenvalue weighted by Crippen LogP contribution is -2.09. The lowest BCUT2D eigenvalue weighted by atomic mass is 9.97. The van der Waals surface area contributed by atoms with E-state index in [0.29, 0.717) is 26.7 Å². The van der Waals surface area contributed by atoms with Crippen LogP contribution < -0.4 is 0 Å². The number of halogens is 2. The monoisotopic (exact) mass is 400 g/mol. The Labute approximate surface area is 166 Å². The molecule has 3 aromatic carbocycles. The zero-order chi connectivity index (χ0) is 18.7. The van der Waals surface area contributed by atoms with Crippen molar-refractivity contribution in [2.75, 3.05) is 0 Å². The van der Waals surface area contributed by atoms with E-state index < -0.39 is 0 Å². The van der Waals surface area contributed by atoms with Crippen LogP contribution >= 0.6 is 35.0 Å². The number of aryl methyl sites for hydroxylation is 1. The number of ketones is 1. The van der Waals surface area contributed by atoms with Gasteiger partial charge in [-0.1, -0.05) is 34.8 Å². The van der Waals surface area contributed by atoms with Gasteiger partial charge in [0.05, 0.1) is 0 Å². The van der Waals surface area contributed by atoms with Crippen molar-refractivity contribution in [3.8, 4) is 0 Å². The van der Waals surface area contributed by atoms with Crippen LogP contribution in [0.3, 0.4) is 0 Å². The Hall–Kier alpha value is -2.07. The highest BCUT2D eigenvalue weighted by Gasteiger charge is 2.19. The van der Waals surface area contributed by atoms with Gasteiger partial charge in [-0.05, 0) is 79.3 Å². The van der Waals surface area contributed by atoms with Gasteiger partial charge in [0.15, 0.2) is 5.78 Å². The van der Waals surface area contributed by atoms with Crippen molar-refractivity contribution in [3.05, 3.63) is 99.0 Å². The number of rotatable bonds is 4. The van der Waals surface area contributed by atoms with Gasteiger partial charge in [0.25, 0.3) is 0 Å². The first-order valence-corrected chi connectivity index (χ1v) is 9.40. The van der Waals surface area contributed by atoms with Gasteiger partial charge < -0.3 is 0 Å². The Morgan fingerprint density at radius 1 is 0.769 bits per heavy atom. The third kappa shape index (κ3) is 4.36. The van der Waals surface area contributed by atoms with Crippen LogP contribution in [0, 0.1) is 6.92 Å². The quantitative estimate of drug-likeness (QED) is 0.371. The predicted molar refractivity (Wildman–Crippen MR) is 108 cm³/mol. The molecule has 0 fully saturated rings. The van der Waals surface area contributed by atoms with Gasteiger partial charge in [-0.15, -0.1) is 0 Å². The minimum absolute atomic E-state index is 0.190. The molecule has 130 valence electrons. The summed E-state index contributed by atoms with van der Waals surface area (Å²) in [4.78, 5) is 26.5. The van der Waals surface area contributed by atoms with Crippen molar-refractivity contribution in [2.24, 2.45) is 0 Å². The lowest BCUT2D eigenvalue weighted by molar-refractivity contribution is 0.102. The smallest absolute Gasteiger partial charge is 0.224 e. The number of hydrogen-bond acceptors (Lipinski definition) is 3. The second-order valence-corrected chi connectivity index (χ2v) is 7.65. The molecule has 3 rings (SSSR count). The largest absolute Gasteiger partial charge is 0.289 e. The highest BCUT2D eigenvalue weighted by atomic mass is 35.5. The van der Waals surface area contributed by atoms with E-state index >= 15 is 0 Å². The fraction of sp³-hybridized carbons (Fsp3) is 0.0476. The molecule has 0 bridgehead atoms. The Bertz CT molecular complexity index is 964. The van der Waals surface area contributed by atoms with Gasteiger partial charge in [0.2, 0.25) is 5.12 Å². The van der Waals surface area contributed by atoms with Crippen molar-refractivity contribution >= 4 is 45.9 Å². The van der Waals surface area contributed by atoms with Crippen LogP contribution in [-0.4, -0.2) is 10.9 Å². The van der Waals surface area contributed by atoms with Gasteiger partial charge in [-0.2, -0.15) is 0 Å². The molecular formula is C21H14Cl2O2S. The molecule has 26 heavy (non-hydrogen) atoms. The highest BCUT2D eigenvalue weighted by molar-refractivity contribution is 8.14. The summed E-state index contributed by atoms with van der Waals surface area (Å²) < 4.78 is 0. The molecule has 0 saturated carbocycles. The summed E-state index contributed by atoms with van der Waals surface area (Å²) in [6.07, 6.45) is 0. The van der Waals surface area contributed by atoms with Crippen LogP contribution in [0.2, 0.25) is 10.0 Å². The fourth-order valence-corrected chi connectivity index (χ4v) is 3.47. The molecule has 5 heteroatoms. The zero-order valence-corrected chi connectivity index (χ0v) is 16.2. The Morgan fingerprint density at radius 3 is 1.96 bits per heavy atom. The zero-order valence-electron chi connectivity index (χ0n) is 13.8. The fourth-order valence-electron chi connectivity index (χ4n) is 2.45. The van der Waals surface area contributed by atoms with Crippen LogP contribution in [0.5, 0.6) is 0 Å². The minimum atomic E-state index is -0.203. The van der Waals surface area contributed by atoms with Gasteiger partial charge in [0, 0.05) is 31.6 Å². The number of carbonyl (C=O) groups excluding carboxylic acids is 2. The Kier molecular flexibility index (Phi) is 5.82. The molecule has 0 saturated heterocycles. The maximum absolute atomic E-state index is 12.9. The molecule has 2 nitrogen and oxygen atoms in total. The first-order chi connectivity index (χ1) is 12.4. The number of hydrogen-bond donors (Lipinski definition) is 0. The summed E-state index contributed by atoms with van der Waals surface area (Å²) in [5.74, 6) is -0.203. The SMILES string of the molecule is Cc1ccc(C(=O)Sc2ccc(Cl)cc2)c(C(=O)c2ccc(Cl)cc2)c1. The van der Waals surface area contributed by atoms with Crippen LogP contribution in [0.15, 0.2) is 71.6 Å². The molecule has 0 aliphatic rings. The lowest BCUT2D eigenvalue weighted by Gasteiger charge is -2.09. The second-order valence-electron chi connectivity index (χ2n) is 5.73. The average Bonchev–Trinajstić information content (AvgIpc) is 2.63. The average molecular weight is 401 g/mol. The van der Waals surface area contributed by atoms with E-state index in [1.807, 2.05) is 13.0 Å². The number of carbonyl (C=O) groups is 2. The first-order valence-electron chi connectivity index (χ1n) is 7.83. The van der Waals surface area contributed by atoms with E-state index in [0.717, 1.165) is 22.2 Å². The van der Waals surface area contributed by atoms with E-state index in [2.05, 4.69) is 0 Å². The molecule has 0 aromatic heterocycles. The molecule has 0 heterocycles.